The van der Waals surface area contributed by atoms with E-state index in [0.29, 0.717) is 0 Å². The van der Waals surface area contributed by atoms with Gasteiger partial charge in [-0.3, -0.25) is 0 Å². The van der Waals surface area contributed by atoms with Gasteiger partial charge in [-0.1, -0.05) is 29.5 Å². The van der Waals surface area contributed by atoms with E-state index in [0.717, 1.165) is 32.5 Å². The molecule has 0 aliphatic heterocycles. The highest BCUT2D eigenvalue weighted by Gasteiger charge is 2.10. The molecule has 2 aromatic carbocycles. The van der Waals surface area contributed by atoms with Crippen LogP contribution in [0.5, 0.6) is 11.5 Å². The number of anilines is 2. The van der Waals surface area contributed by atoms with Gasteiger partial charge in [0.1, 0.15) is 17.0 Å². The number of fused-ring (bicyclic) bond motifs is 1. The lowest BCUT2D eigenvalue weighted by atomic mass is 10.3. The Balaban J connectivity index is 1.99. The van der Waals surface area contributed by atoms with Crippen LogP contribution < -0.4 is 14.8 Å². The van der Waals surface area contributed by atoms with Crippen LogP contribution in [0.2, 0.25) is 0 Å². The first-order chi connectivity index (χ1) is 9.81. The molecule has 0 aliphatic rings. The molecule has 4 nitrogen and oxygen atoms in total. The molecule has 1 heterocycles. The molecule has 0 spiro atoms. The molecule has 3 aromatic rings. The fourth-order valence-corrected chi connectivity index (χ4v) is 2.90. The molecule has 102 valence electrons. The van der Waals surface area contributed by atoms with E-state index in [1.54, 1.807) is 25.6 Å². The lowest BCUT2D eigenvalue weighted by Crippen LogP contribution is -1.93. The van der Waals surface area contributed by atoms with Crippen molar-refractivity contribution in [3.63, 3.8) is 0 Å². The van der Waals surface area contributed by atoms with Crippen LogP contribution in [0.15, 0.2) is 42.5 Å². The molecular formula is C15H14N2O2S. The molecule has 0 atom stereocenters. The van der Waals surface area contributed by atoms with E-state index in [1.165, 1.54) is 0 Å². The monoisotopic (exact) mass is 286 g/mol. The number of para-hydroxylation sites is 3. The number of aromatic nitrogens is 1. The zero-order valence-corrected chi connectivity index (χ0v) is 12.0. The lowest BCUT2D eigenvalue weighted by molar-refractivity contribution is 0.417. The summed E-state index contributed by atoms with van der Waals surface area (Å²) in [6, 6.07) is 13.7. The SMILES string of the molecule is COc1ccccc1Nc1nc2c(OC)cccc2s1. The number of nitrogens with zero attached hydrogens (tertiary/aromatic N) is 1. The van der Waals surface area contributed by atoms with E-state index in [-0.39, 0.29) is 0 Å². The molecule has 5 heteroatoms. The minimum absolute atomic E-state index is 0.784. The Hall–Kier alpha value is -2.27. The van der Waals surface area contributed by atoms with Gasteiger partial charge in [0.25, 0.3) is 0 Å². The van der Waals surface area contributed by atoms with Crippen LogP contribution in [-0.4, -0.2) is 19.2 Å². The van der Waals surface area contributed by atoms with Crippen LogP contribution in [0.1, 0.15) is 0 Å². The van der Waals surface area contributed by atoms with Gasteiger partial charge in [0, 0.05) is 0 Å². The quantitative estimate of drug-likeness (QED) is 0.785. The van der Waals surface area contributed by atoms with Gasteiger partial charge < -0.3 is 14.8 Å². The molecule has 1 N–H and O–H groups in total. The van der Waals surface area contributed by atoms with Crippen molar-refractivity contribution in [3.8, 4) is 11.5 Å². The number of rotatable bonds is 4. The summed E-state index contributed by atoms with van der Waals surface area (Å²) < 4.78 is 11.7. The largest absolute Gasteiger partial charge is 0.495 e. The van der Waals surface area contributed by atoms with Crippen LogP contribution in [0.3, 0.4) is 0 Å². The molecule has 0 fully saturated rings. The Kier molecular flexibility index (Phi) is 3.43. The Morgan fingerprint density at radius 3 is 2.50 bits per heavy atom. The molecule has 0 unspecified atom stereocenters. The van der Waals surface area contributed by atoms with Crippen LogP contribution in [-0.2, 0) is 0 Å². The Morgan fingerprint density at radius 1 is 0.950 bits per heavy atom. The summed E-state index contributed by atoms with van der Waals surface area (Å²) in [7, 11) is 3.31. The van der Waals surface area contributed by atoms with E-state index in [9.17, 15) is 0 Å². The van der Waals surface area contributed by atoms with Gasteiger partial charge in [-0.25, -0.2) is 4.98 Å². The second-order valence-electron chi connectivity index (χ2n) is 4.15. The van der Waals surface area contributed by atoms with E-state index in [1.807, 2.05) is 42.5 Å². The first-order valence-electron chi connectivity index (χ1n) is 6.15. The van der Waals surface area contributed by atoms with Crippen molar-refractivity contribution < 1.29 is 9.47 Å². The third-order valence-electron chi connectivity index (χ3n) is 2.95. The van der Waals surface area contributed by atoms with Gasteiger partial charge in [0.05, 0.1) is 24.6 Å². The average molecular weight is 286 g/mol. The van der Waals surface area contributed by atoms with E-state index < -0.39 is 0 Å². The smallest absolute Gasteiger partial charge is 0.188 e. The molecule has 1 aromatic heterocycles. The third-order valence-corrected chi connectivity index (χ3v) is 3.89. The van der Waals surface area contributed by atoms with Gasteiger partial charge in [0.15, 0.2) is 5.13 Å². The van der Waals surface area contributed by atoms with Crippen molar-refractivity contribution in [2.24, 2.45) is 0 Å². The number of nitrogens with one attached hydrogen (secondary N) is 1. The summed E-state index contributed by atoms with van der Waals surface area (Å²) in [6.45, 7) is 0. The average Bonchev–Trinajstić information content (AvgIpc) is 2.90. The molecular weight excluding hydrogens is 272 g/mol. The maximum absolute atomic E-state index is 5.33. The predicted octanol–water partition coefficient (Wildman–Crippen LogP) is 4.06. The van der Waals surface area contributed by atoms with E-state index in [2.05, 4.69) is 10.3 Å². The number of benzene rings is 2. The maximum atomic E-state index is 5.33. The molecule has 0 saturated carbocycles. The van der Waals surface area contributed by atoms with Gasteiger partial charge in [-0.15, -0.1) is 0 Å². The predicted molar refractivity (Wildman–Crippen MR) is 82.4 cm³/mol. The minimum atomic E-state index is 0.784. The molecule has 0 amide bonds. The molecule has 20 heavy (non-hydrogen) atoms. The maximum Gasteiger partial charge on any atom is 0.188 e. The normalized spacial score (nSPS) is 10.5. The summed E-state index contributed by atoms with van der Waals surface area (Å²) in [5.41, 5.74) is 1.77. The zero-order chi connectivity index (χ0) is 13.9. The molecule has 0 radical (unpaired) electrons. The van der Waals surface area contributed by atoms with Crippen molar-refractivity contribution in [1.29, 1.82) is 0 Å². The highest BCUT2D eigenvalue weighted by atomic mass is 32.1. The fourth-order valence-electron chi connectivity index (χ4n) is 2.00. The highest BCUT2D eigenvalue weighted by Crippen LogP contribution is 2.35. The minimum Gasteiger partial charge on any atom is -0.495 e. The van der Waals surface area contributed by atoms with Crippen LogP contribution in [0, 0.1) is 0 Å². The number of thiazole rings is 1. The number of ether oxygens (including phenoxy) is 2. The summed E-state index contributed by atoms with van der Waals surface area (Å²) in [5.74, 6) is 1.57. The first-order valence-corrected chi connectivity index (χ1v) is 6.97. The second-order valence-corrected chi connectivity index (χ2v) is 5.18. The van der Waals surface area contributed by atoms with E-state index in [4.69, 9.17) is 9.47 Å². The third kappa shape index (κ3) is 2.28. The number of hydrogen-bond donors (Lipinski definition) is 1. The van der Waals surface area contributed by atoms with Crippen molar-refractivity contribution in [1.82, 2.24) is 4.98 Å². The first kappa shape index (κ1) is 12.7. The summed E-state index contributed by atoms with van der Waals surface area (Å²) in [4.78, 5) is 4.58. The van der Waals surface area contributed by atoms with Gasteiger partial charge in [0.2, 0.25) is 0 Å². The van der Waals surface area contributed by atoms with Crippen LogP contribution in [0.25, 0.3) is 10.2 Å². The van der Waals surface area contributed by atoms with Crippen molar-refractivity contribution in [2.45, 2.75) is 0 Å². The Labute approximate surface area is 121 Å². The van der Waals surface area contributed by atoms with Gasteiger partial charge in [-0.05, 0) is 24.3 Å². The highest BCUT2D eigenvalue weighted by molar-refractivity contribution is 7.22. The molecule has 3 rings (SSSR count). The fraction of sp³-hybridized carbons (Fsp3) is 0.133. The Bertz CT molecular complexity index is 740. The lowest BCUT2D eigenvalue weighted by Gasteiger charge is -2.07. The summed E-state index contributed by atoms with van der Waals surface area (Å²) in [6.07, 6.45) is 0. The van der Waals surface area contributed by atoms with Crippen LogP contribution >= 0.6 is 11.3 Å². The van der Waals surface area contributed by atoms with Crippen molar-refractivity contribution >= 4 is 32.4 Å². The van der Waals surface area contributed by atoms with Gasteiger partial charge in [-0.2, -0.15) is 0 Å². The van der Waals surface area contributed by atoms with E-state index >= 15 is 0 Å². The summed E-state index contributed by atoms with van der Waals surface area (Å²) >= 11 is 1.58. The topological polar surface area (TPSA) is 43.4 Å². The molecule has 0 aliphatic carbocycles. The molecule has 0 saturated heterocycles. The number of methoxy groups -OCH3 is 2. The van der Waals surface area contributed by atoms with Gasteiger partial charge >= 0.3 is 0 Å². The zero-order valence-electron chi connectivity index (χ0n) is 11.2. The summed E-state index contributed by atoms with van der Waals surface area (Å²) in [5, 5.41) is 4.10. The van der Waals surface area contributed by atoms with Crippen molar-refractivity contribution in [2.75, 3.05) is 19.5 Å². The standard InChI is InChI=1S/C15H14N2O2S/c1-18-11-7-4-3-6-10(11)16-15-17-14-12(19-2)8-5-9-13(14)20-15/h3-9H,1-2H3,(H,16,17). The number of hydrogen-bond acceptors (Lipinski definition) is 5. The second kappa shape index (κ2) is 5.38. The molecule has 0 bridgehead atoms. The van der Waals surface area contributed by atoms with Crippen LogP contribution in [0.4, 0.5) is 10.8 Å². The van der Waals surface area contributed by atoms with Crippen molar-refractivity contribution in [3.05, 3.63) is 42.5 Å². The Morgan fingerprint density at radius 2 is 1.70 bits per heavy atom.